The van der Waals surface area contributed by atoms with Gasteiger partial charge < -0.3 is 5.11 Å². The summed E-state index contributed by atoms with van der Waals surface area (Å²) in [7, 11) is 0. The van der Waals surface area contributed by atoms with E-state index >= 15 is 0 Å². The van der Waals surface area contributed by atoms with Crippen LogP contribution < -0.4 is 0 Å². The maximum absolute atomic E-state index is 12.1. The van der Waals surface area contributed by atoms with Gasteiger partial charge in [0, 0.05) is 6.42 Å². The van der Waals surface area contributed by atoms with Crippen LogP contribution in [0.25, 0.3) is 0 Å². The Morgan fingerprint density at radius 1 is 1.70 bits per heavy atom. The van der Waals surface area contributed by atoms with Gasteiger partial charge in [-0.25, -0.2) is 8.78 Å². The summed E-state index contributed by atoms with van der Waals surface area (Å²) in [5.74, 6) is -5.03. The van der Waals surface area contributed by atoms with Gasteiger partial charge in [0.15, 0.2) is 0 Å². The molecule has 0 aliphatic carbocycles. The topological polar surface area (TPSA) is 37.3 Å². The number of alkyl halides is 2. The number of carbonyl (C=O) groups is 1. The van der Waals surface area contributed by atoms with Gasteiger partial charge in [-0.3, -0.25) is 4.79 Å². The highest BCUT2D eigenvalue weighted by atomic mass is 19.3. The maximum atomic E-state index is 12.1. The van der Waals surface area contributed by atoms with Gasteiger partial charge in [-0.15, -0.1) is 0 Å². The van der Waals surface area contributed by atoms with E-state index in [0.29, 0.717) is 6.92 Å². The average Bonchev–Trinajstić information content (AvgIpc) is 1.60. The Balaban J connectivity index is 3.80. The molecule has 2 nitrogen and oxygen atoms in total. The molecule has 0 radical (unpaired) electrons. The van der Waals surface area contributed by atoms with E-state index in [0.717, 1.165) is 0 Å². The van der Waals surface area contributed by atoms with E-state index in [4.69, 9.17) is 5.11 Å². The number of hydrogen-bond acceptors (Lipinski definition) is 1. The second-order valence-electron chi connectivity index (χ2n) is 2.51. The van der Waals surface area contributed by atoms with Crippen LogP contribution in [-0.4, -0.2) is 17.0 Å². The molecule has 1 atom stereocenters. The molecule has 60 valence electrons. The van der Waals surface area contributed by atoms with Crippen molar-refractivity contribution < 1.29 is 18.7 Å². The molecule has 1 N–H and O–H groups in total. The summed E-state index contributed by atoms with van der Waals surface area (Å²) >= 11 is 0. The van der Waals surface area contributed by atoms with Crippen molar-refractivity contribution in [3.8, 4) is 0 Å². The van der Waals surface area contributed by atoms with Crippen LogP contribution in [0.5, 0.6) is 0 Å². The number of carboxylic acid groups (broad SMARTS) is 1. The monoisotopic (exact) mass is 152 g/mol. The van der Waals surface area contributed by atoms with Crippen LogP contribution in [0.1, 0.15) is 20.3 Å². The molecule has 0 saturated carbocycles. The van der Waals surface area contributed by atoms with Crippen molar-refractivity contribution in [2.75, 3.05) is 0 Å². The van der Waals surface area contributed by atoms with Crippen LogP contribution >= 0.6 is 0 Å². The highest BCUT2D eigenvalue weighted by Crippen LogP contribution is 2.21. The lowest BCUT2D eigenvalue weighted by molar-refractivity contribution is -0.144. The minimum absolute atomic E-state index is 0.595. The fourth-order valence-corrected chi connectivity index (χ4v) is 0.625. The Bertz CT molecular complexity index is 128. The summed E-state index contributed by atoms with van der Waals surface area (Å²) in [6, 6.07) is 0. The average molecular weight is 152 g/mol. The molecule has 0 aliphatic heterocycles. The normalized spacial score (nSPS) is 14.8. The van der Waals surface area contributed by atoms with Gasteiger partial charge in [-0.1, -0.05) is 6.92 Å². The van der Waals surface area contributed by atoms with Crippen molar-refractivity contribution in [3.05, 3.63) is 0 Å². The number of halogens is 2. The first-order valence-corrected chi connectivity index (χ1v) is 2.93. The fraction of sp³-hybridized carbons (Fsp3) is 0.833. The Morgan fingerprint density at radius 3 is 2.20 bits per heavy atom. The lowest BCUT2D eigenvalue weighted by Crippen LogP contribution is -2.20. The first-order valence-electron chi connectivity index (χ1n) is 2.93. The van der Waals surface area contributed by atoms with Gasteiger partial charge in [0.1, 0.15) is 0 Å². The highest BCUT2D eigenvalue weighted by molar-refractivity contribution is 5.69. The molecule has 0 aromatic heterocycles. The highest BCUT2D eigenvalue weighted by Gasteiger charge is 2.27. The van der Waals surface area contributed by atoms with Gasteiger partial charge in [0.25, 0.3) is 0 Å². The third-order valence-electron chi connectivity index (χ3n) is 1.09. The minimum atomic E-state index is -2.88. The van der Waals surface area contributed by atoms with Crippen LogP contribution in [0.3, 0.4) is 0 Å². The Labute approximate surface area is 57.9 Å². The first-order chi connectivity index (χ1) is 4.33. The van der Waals surface area contributed by atoms with Crippen molar-refractivity contribution in [3.63, 3.8) is 0 Å². The third-order valence-corrected chi connectivity index (χ3v) is 1.09. The molecule has 0 rings (SSSR count). The molecule has 0 fully saturated rings. The number of rotatable bonds is 3. The predicted octanol–water partition coefficient (Wildman–Crippen LogP) is 1.75. The van der Waals surface area contributed by atoms with Crippen LogP contribution in [0.2, 0.25) is 0 Å². The molecule has 0 saturated heterocycles. The van der Waals surface area contributed by atoms with Crippen LogP contribution in [0.4, 0.5) is 8.78 Å². The third kappa shape index (κ3) is 4.23. The molecular weight excluding hydrogens is 142 g/mol. The zero-order valence-corrected chi connectivity index (χ0v) is 5.90. The maximum Gasteiger partial charge on any atom is 0.306 e. The summed E-state index contributed by atoms with van der Waals surface area (Å²) in [5.41, 5.74) is 0. The summed E-state index contributed by atoms with van der Waals surface area (Å²) in [4.78, 5) is 10.0. The zero-order chi connectivity index (χ0) is 8.36. The number of aliphatic carboxylic acids is 1. The zero-order valence-electron chi connectivity index (χ0n) is 5.90. The van der Waals surface area contributed by atoms with Gasteiger partial charge in [-0.2, -0.15) is 0 Å². The molecule has 4 heteroatoms. The van der Waals surface area contributed by atoms with E-state index in [9.17, 15) is 13.6 Å². The van der Waals surface area contributed by atoms with Gasteiger partial charge in [0.2, 0.25) is 5.92 Å². The van der Waals surface area contributed by atoms with E-state index in [1.54, 1.807) is 0 Å². The SMILES string of the molecule is C[C@H](CC(C)(F)F)C(=O)O. The summed E-state index contributed by atoms with van der Waals surface area (Å²) in [6.07, 6.45) is -0.595. The van der Waals surface area contributed by atoms with Crippen LogP contribution in [-0.2, 0) is 4.79 Å². The van der Waals surface area contributed by atoms with E-state index in [1.165, 1.54) is 6.92 Å². The van der Waals surface area contributed by atoms with Crippen molar-refractivity contribution >= 4 is 5.97 Å². The molecule has 0 heterocycles. The van der Waals surface area contributed by atoms with Crippen molar-refractivity contribution in [2.24, 2.45) is 5.92 Å². The Hall–Kier alpha value is -0.670. The molecule has 0 spiro atoms. The molecule has 0 bridgehead atoms. The molecule has 0 amide bonds. The first kappa shape index (κ1) is 9.33. The molecule has 0 aromatic carbocycles. The lowest BCUT2D eigenvalue weighted by atomic mass is 10.0. The lowest BCUT2D eigenvalue weighted by Gasteiger charge is -2.12. The molecule has 10 heavy (non-hydrogen) atoms. The molecular formula is C6H10F2O2. The summed E-state index contributed by atoms with van der Waals surface area (Å²) in [5, 5.41) is 8.21. The van der Waals surface area contributed by atoms with Gasteiger partial charge in [0.05, 0.1) is 5.92 Å². The van der Waals surface area contributed by atoms with Crippen LogP contribution in [0.15, 0.2) is 0 Å². The van der Waals surface area contributed by atoms with E-state index in [2.05, 4.69) is 0 Å². The molecule has 0 aliphatic rings. The summed E-state index contributed by atoms with van der Waals surface area (Å²) < 4.78 is 24.1. The quantitative estimate of drug-likeness (QED) is 0.668. The second kappa shape index (κ2) is 2.94. The van der Waals surface area contributed by atoms with Crippen molar-refractivity contribution in [1.29, 1.82) is 0 Å². The largest absolute Gasteiger partial charge is 0.481 e. The minimum Gasteiger partial charge on any atom is -0.481 e. The smallest absolute Gasteiger partial charge is 0.306 e. The van der Waals surface area contributed by atoms with Gasteiger partial charge in [-0.05, 0) is 6.92 Å². The standard InChI is InChI=1S/C6H10F2O2/c1-4(5(9)10)3-6(2,7)8/h4H,3H2,1-2H3,(H,9,10)/t4-/m1/s1. The summed E-state index contributed by atoms with van der Waals surface area (Å²) in [6.45, 7) is 1.98. The van der Waals surface area contributed by atoms with E-state index in [-0.39, 0.29) is 0 Å². The number of hydrogen-bond donors (Lipinski definition) is 1. The van der Waals surface area contributed by atoms with Crippen LogP contribution in [0, 0.1) is 5.92 Å². The fourth-order valence-electron chi connectivity index (χ4n) is 0.625. The van der Waals surface area contributed by atoms with Gasteiger partial charge >= 0.3 is 5.97 Å². The van der Waals surface area contributed by atoms with E-state index < -0.39 is 24.2 Å². The molecule has 0 unspecified atom stereocenters. The molecule has 0 aromatic rings. The van der Waals surface area contributed by atoms with Crippen molar-refractivity contribution in [2.45, 2.75) is 26.2 Å². The second-order valence-corrected chi connectivity index (χ2v) is 2.51. The number of carboxylic acids is 1. The Kier molecular flexibility index (Phi) is 2.75. The van der Waals surface area contributed by atoms with Crippen molar-refractivity contribution in [1.82, 2.24) is 0 Å². The van der Waals surface area contributed by atoms with E-state index in [1.807, 2.05) is 0 Å². The predicted molar refractivity (Wildman–Crippen MR) is 32.0 cm³/mol. The Morgan fingerprint density at radius 2 is 2.10 bits per heavy atom.